The van der Waals surface area contributed by atoms with Crippen LogP contribution < -0.4 is 15.8 Å². The van der Waals surface area contributed by atoms with Gasteiger partial charge in [-0.05, 0) is 25.0 Å². The molecule has 1 saturated carbocycles. The molecule has 1 aliphatic carbocycles. The predicted octanol–water partition coefficient (Wildman–Crippen LogP) is 2.65. The predicted molar refractivity (Wildman–Crippen MR) is 74.1 cm³/mol. The Labute approximate surface area is 108 Å². The maximum atomic E-state index is 5.89. The average Bonchev–Trinajstić information content (AvgIpc) is 2.89. The molecule has 0 unspecified atom stereocenters. The zero-order valence-corrected chi connectivity index (χ0v) is 10.9. The van der Waals surface area contributed by atoms with Crippen molar-refractivity contribution in [1.82, 2.24) is 0 Å². The number of nitrogens with two attached hydrogens (primary N) is 1. The number of methoxy groups -OCH3 is 1. The lowest BCUT2D eigenvalue weighted by Crippen LogP contribution is -2.15. The first-order valence-corrected chi connectivity index (χ1v) is 6.58. The first-order valence-electron chi connectivity index (χ1n) is 6.58. The van der Waals surface area contributed by atoms with Crippen molar-refractivity contribution in [2.24, 2.45) is 0 Å². The Morgan fingerprint density at radius 1 is 1.33 bits per heavy atom. The minimum absolute atomic E-state index is 0.467. The molecule has 0 aliphatic heterocycles. The topological polar surface area (TPSA) is 56.5 Å². The van der Waals surface area contributed by atoms with Gasteiger partial charge in [0.1, 0.15) is 5.75 Å². The average molecular weight is 250 g/mol. The van der Waals surface area contributed by atoms with Crippen LogP contribution in [0.15, 0.2) is 18.2 Å². The molecule has 0 saturated heterocycles. The summed E-state index contributed by atoms with van der Waals surface area (Å²) in [6, 6.07) is 5.61. The second kappa shape index (κ2) is 6.50. The van der Waals surface area contributed by atoms with Crippen molar-refractivity contribution in [3.05, 3.63) is 18.2 Å². The Balaban J connectivity index is 1.75. The molecule has 1 aromatic rings. The Bertz CT molecular complexity index is 376. The standard InChI is InChI=1S/C14H22N2O2/c1-17-12-6-7-13(15)14(10-12)16-8-9-18-11-4-2-3-5-11/h6-7,10-11,16H,2-5,8-9,15H2,1H3. The fourth-order valence-corrected chi connectivity index (χ4v) is 2.28. The normalized spacial score (nSPS) is 15.8. The maximum Gasteiger partial charge on any atom is 0.121 e. The lowest BCUT2D eigenvalue weighted by Gasteiger charge is -2.13. The highest BCUT2D eigenvalue weighted by molar-refractivity contribution is 5.68. The monoisotopic (exact) mass is 250 g/mol. The van der Waals surface area contributed by atoms with Gasteiger partial charge in [0.25, 0.3) is 0 Å². The summed E-state index contributed by atoms with van der Waals surface area (Å²) < 4.78 is 11.0. The molecule has 1 aromatic carbocycles. The van der Waals surface area contributed by atoms with Crippen LogP contribution in [0.25, 0.3) is 0 Å². The molecule has 100 valence electrons. The van der Waals surface area contributed by atoms with Gasteiger partial charge in [-0.1, -0.05) is 12.8 Å². The van der Waals surface area contributed by atoms with Crippen molar-refractivity contribution < 1.29 is 9.47 Å². The minimum Gasteiger partial charge on any atom is -0.497 e. The summed E-state index contributed by atoms with van der Waals surface area (Å²) in [6.45, 7) is 1.50. The molecular weight excluding hydrogens is 228 g/mol. The van der Waals surface area contributed by atoms with Crippen molar-refractivity contribution >= 4 is 11.4 Å². The number of benzene rings is 1. The molecule has 2 rings (SSSR count). The van der Waals surface area contributed by atoms with Gasteiger partial charge >= 0.3 is 0 Å². The lowest BCUT2D eigenvalue weighted by molar-refractivity contribution is 0.0659. The van der Waals surface area contributed by atoms with Crippen LogP contribution in [0.2, 0.25) is 0 Å². The minimum atomic E-state index is 0.467. The number of nitrogens with one attached hydrogen (secondary N) is 1. The van der Waals surface area contributed by atoms with Gasteiger partial charge in [0.15, 0.2) is 0 Å². The third-order valence-corrected chi connectivity index (χ3v) is 3.33. The number of rotatable bonds is 6. The Morgan fingerprint density at radius 3 is 2.83 bits per heavy atom. The molecule has 3 N–H and O–H groups in total. The fraction of sp³-hybridized carbons (Fsp3) is 0.571. The van der Waals surface area contributed by atoms with Gasteiger partial charge in [-0.15, -0.1) is 0 Å². The summed E-state index contributed by atoms with van der Waals surface area (Å²) in [5.41, 5.74) is 7.53. The van der Waals surface area contributed by atoms with E-state index in [0.717, 1.165) is 30.3 Å². The van der Waals surface area contributed by atoms with E-state index in [9.17, 15) is 0 Å². The number of anilines is 2. The van der Waals surface area contributed by atoms with Crippen LogP contribution in [0, 0.1) is 0 Å². The van der Waals surface area contributed by atoms with Crippen LogP contribution in [0.1, 0.15) is 25.7 Å². The van der Waals surface area contributed by atoms with E-state index in [0.29, 0.717) is 6.10 Å². The summed E-state index contributed by atoms with van der Waals surface area (Å²) in [7, 11) is 1.65. The summed E-state index contributed by atoms with van der Waals surface area (Å²) in [4.78, 5) is 0. The highest BCUT2D eigenvalue weighted by Crippen LogP contribution is 2.24. The summed E-state index contributed by atoms with van der Waals surface area (Å²) in [6.07, 6.45) is 5.50. The van der Waals surface area contributed by atoms with Gasteiger partial charge in [0.2, 0.25) is 0 Å². The zero-order valence-electron chi connectivity index (χ0n) is 10.9. The molecule has 4 nitrogen and oxygen atoms in total. The first kappa shape index (κ1) is 13.0. The molecule has 0 bridgehead atoms. The molecule has 4 heteroatoms. The van der Waals surface area contributed by atoms with Crippen molar-refractivity contribution in [2.45, 2.75) is 31.8 Å². The number of hydrogen-bond donors (Lipinski definition) is 2. The van der Waals surface area contributed by atoms with E-state index in [1.54, 1.807) is 7.11 Å². The van der Waals surface area contributed by atoms with Crippen LogP contribution in [0.4, 0.5) is 11.4 Å². The maximum absolute atomic E-state index is 5.89. The van der Waals surface area contributed by atoms with E-state index >= 15 is 0 Å². The number of hydrogen-bond acceptors (Lipinski definition) is 4. The van der Waals surface area contributed by atoms with Gasteiger partial charge in [0, 0.05) is 12.6 Å². The third kappa shape index (κ3) is 3.53. The van der Waals surface area contributed by atoms with Crippen molar-refractivity contribution in [1.29, 1.82) is 0 Å². The second-order valence-electron chi connectivity index (χ2n) is 4.66. The molecule has 0 amide bonds. The molecule has 1 fully saturated rings. The van der Waals surface area contributed by atoms with Gasteiger partial charge in [-0.25, -0.2) is 0 Å². The van der Waals surface area contributed by atoms with Gasteiger partial charge in [-0.3, -0.25) is 0 Å². The molecule has 0 heterocycles. The fourth-order valence-electron chi connectivity index (χ4n) is 2.28. The van der Waals surface area contributed by atoms with Crippen LogP contribution >= 0.6 is 0 Å². The zero-order chi connectivity index (χ0) is 12.8. The van der Waals surface area contributed by atoms with E-state index in [-0.39, 0.29) is 0 Å². The summed E-state index contributed by atoms with van der Waals surface area (Å²) in [5, 5.41) is 3.28. The first-order chi connectivity index (χ1) is 8.79. The quantitative estimate of drug-likeness (QED) is 0.602. The molecule has 0 aromatic heterocycles. The molecule has 18 heavy (non-hydrogen) atoms. The van der Waals surface area contributed by atoms with Crippen LogP contribution in [0.5, 0.6) is 5.75 Å². The number of nitrogen functional groups attached to an aromatic ring is 1. The van der Waals surface area contributed by atoms with E-state index in [4.69, 9.17) is 15.2 Å². The van der Waals surface area contributed by atoms with Crippen molar-refractivity contribution in [3.8, 4) is 5.75 Å². The Morgan fingerprint density at radius 2 is 2.11 bits per heavy atom. The highest BCUT2D eigenvalue weighted by Gasteiger charge is 2.14. The van der Waals surface area contributed by atoms with Gasteiger partial charge in [-0.2, -0.15) is 0 Å². The summed E-state index contributed by atoms with van der Waals surface area (Å²) >= 11 is 0. The number of ether oxygens (including phenoxy) is 2. The smallest absolute Gasteiger partial charge is 0.121 e. The van der Waals surface area contributed by atoms with Crippen molar-refractivity contribution in [3.63, 3.8) is 0 Å². The van der Waals surface area contributed by atoms with Crippen LogP contribution in [0.3, 0.4) is 0 Å². The Hall–Kier alpha value is -1.42. The Kier molecular flexibility index (Phi) is 4.70. The van der Waals surface area contributed by atoms with Crippen LogP contribution in [-0.4, -0.2) is 26.4 Å². The molecule has 0 radical (unpaired) electrons. The molecule has 0 spiro atoms. The lowest BCUT2D eigenvalue weighted by atomic mass is 10.2. The molecule has 1 aliphatic rings. The molecular formula is C14H22N2O2. The second-order valence-corrected chi connectivity index (χ2v) is 4.66. The SMILES string of the molecule is COc1ccc(N)c(NCCOC2CCCC2)c1. The van der Waals surface area contributed by atoms with E-state index < -0.39 is 0 Å². The van der Waals surface area contributed by atoms with Gasteiger partial charge in [0.05, 0.1) is 31.2 Å². The van der Waals surface area contributed by atoms with E-state index in [1.807, 2.05) is 18.2 Å². The summed E-state index contributed by atoms with van der Waals surface area (Å²) in [5.74, 6) is 0.809. The van der Waals surface area contributed by atoms with E-state index in [1.165, 1.54) is 25.7 Å². The van der Waals surface area contributed by atoms with Gasteiger partial charge < -0.3 is 20.5 Å². The molecule has 0 atom stereocenters. The largest absolute Gasteiger partial charge is 0.497 e. The van der Waals surface area contributed by atoms with E-state index in [2.05, 4.69) is 5.32 Å². The van der Waals surface area contributed by atoms with Crippen LogP contribution in [-0.2, 0) is 4.74 Å². The van der Waals surface area contributed by atoms with Crippen molar-refractivity contribution in [2.75, 3.05) is 31.3 Å². The highest BCUT2D eigenvalue weighted by atomic mass is 16.5. The third-order valence-electron chi connectivity index (χ3n) is 3.33.